The maximum atomic E-state index is 12.1. The zero-order valence-corrected chi connectivity index (χ0v) is 17.4. The third-order valence-electron chi connectivity index (χ3n) is 4.92. The minimum Gasteiger partial charge on any atom is -0.493 e. The van der Waals surface area contributed by atoms with Crippen molar-refractivity contribution >= 4 is 11.9 Å². The second-order valence-electron chi connectivity index (χ2n) is 7.96. The highest BCUT2D eigenvalue weighted by molar-refractivity contribution is 5.89. The van der Waals surface area contributed by atoms with Crippen molar-refractivity contribution in [3.8, 4) is 5.75 Å². The molecule has 7 heteroatoms. The normalized spacial score (nSPS) is 18.6. The number of aromatic nitrogens is 2. The van der Waals surface area contributed by atoms with Gasteiger partial charge in [0.05, 0.1) is 12.7 Å². The minimum atomic E-state index is -0.713. The highest BCUT2D eigenvalue weighted by atomic mass is 16.6. The lowest BCUT2D eigenvalue weighted by Gasteiger charge is -2.22. The van der Waals surface area contributed by atoms with Crippen LogP contribution in [0.1, 0.15) is 45.0 Å². The number of carbonyl (C=O) groups is 1. The van der Waals surface area contributed by atoms with Gasteiger partial charge in [-0.1, -0.05) is 32.9 Å². The van der Waals surface area contributed by atoms with Crippen LogP contribution in [0.25, 0.3) is 0 Å². The number of anilines is 1. The van der Waals surface area contributed by atoms with Crippen LogP contribution in [-0.4, -0.2) is 46.5 Å². The van der Waals surface area contributed by atoms with E-state index in [-0.39, 0.29) is 12.5 Å². The molecule has 156 valence electrons. The average molecular weight is 399 g/mol. The summed E-state index contributed by atoms with van der Waals surface area (Å²) in [4.78, 5) is 22.4. The van der Waals surface area contributed by atoms with Gasteiger partial charge in [0.1, 0.15) is 30.0 Å². The van der Waals surface area contributed by atoms with Crippen molar-refractivity contribution in [2.45, 2.75) is 52.2 Å². The molecule has 2 heterocycles. The van der Waals surface area contributed by atoms with Crippen LogP contribution < -0.4 is 9.64 Å². The highest BCUT2D eigenvalue weighted by Crippen LogP contribution is 2.25. The van der Waals surface area contributed by atoms with E-state index in [2.05, 4.69) is 42.9 Å². The summed E-state index contributed by atoms with van der Waals surface area (Å²) in [7, 11) is 0. The fourth-order valence-corrected chi connectivity index (χ4v) is 3.22. The van der Waals surface area contributed by atoms with E-state index in [4.69, 9.17) is 9.47 Å². The molecule has 3 atom stereocenters. The lowest BCUT2D eigenvalue weighted by molar-refractivity contribution is 0.142. The number of rotatable bonds is 8. The van der Waals surface area contributed by atoms with Crippen molar-refractivity contribution in [3.05, 3.63) is 47.9 Å². The van der Waals surface area contributed by atoms with Gasteiger partial charge in [-0.05, 0) is 42.5 Å². The molecule has 1 aliphatic heterocycles. The summed E-state index contributed by atoms with van der Waals surface area (Å²) >= 11 is 0. The highest BCUT2D eigenvalue weighted by Gasteiger charge is 2.38. The van der Waals surface area contributed by atoms with Crippen molar-refractivity contribution in [1.82, 2.24) is 9.97 Å². The van der Waals surface area contributed by atoms with Crippen LogP contribution >= 0.6 is 0 Å². The lowest BCUT2D eigenvalue weighted by Crippen LogP contribution is -2.41. The molecule has 0 aliphatic carbocycles. The van der Waals surface area contributed by atoms with E-state index in [1.165, 1.54) is 10.5 Å². The number of amides is 1. The summed E-state index contributed by atoms with van der Waals surface area (Å²) in [6.07, 6.45) is 1.06. The standard InChI is InChI=1S/C22H29N3O4/c1-14(2)12-28-18-7-5-17(6-8-18)15(3)11-20-23-10-9-21(24-20)25-19(16(4)26)13-29-22(25)27/h5-10,14-16,19,26H,11-13H2,1-4H3/t15-,16-,19-/m1/s1. The molecule has 7 nitrogen and oxygen atoms in total. The quantitative estimate of drug-likeness (QED) is 0.731. The fraction of sp³-hybridized carbons (Fsp3) is 0.500. The SMILES string of the molecule is CC(C)COc1ccc([C@H](C)Cc2nccc(N3C(=O)OC[C@@H]3[C@@H](C)O)n2)cc1. The molecular weight excluding hydrogens is 370 g/mol. The summed E-state index contributed by atoms with van der Waals surface area (Å²) in [5, 5.41) is 9.93. The summed E-state index contributed by atoms with van der Waals surface area (Å²) < 4.78 is 10.8. The number of hydrogen-bond donors (Lipinski definition) is 1. The zero-order chi connectivity index (χ0) is 21.0. The third kappa shape index (κ3) is 5.23. The Balaban J connectivity index is 1.69. The molecule has 2 aromatic rings. The number of aliphatic hydroxyl groups excluding tert-OH is 1. The van der Waals surface area contributed by atoms with Crippen molar-refractivity contribution < 1.29 is 19.4 Å². The Hall–Kier alpha value is -2.67. The molecule has 0 bridgehead atoms. The Morgan fingerprint density at radius 2 is 1.93 bits per heavy atom. The van der Waals surface area contributed by atoms with Gasteiger partial charge >= 0.3 is 6.09 Å². The van der Waals surface area contributed by atoms with Crippen molar-refractivity contribution in [1.29, 1.82) is 0 Å². The molecule has 1 N–H and O–H groups in total. The van der Waals surface area contributed by atoms with Crippen molar-refractivity contribution in [2.75, 3.05) is 18.1 Å². The molecule has 1 amide bonds. The number of carbonyl (C=O) groups excluding carboxylic acids is 1. The van der Waals surface area contributed by atoms with Gasteiger partial charge < -0.3 is 14.6 Å². The second kappa shape index (κ2) is 9.22. The summed E-state index contributed by atoms with van der Waals surface area (Å²) in [5.74, 6) is 2.64. The van der Waals surface area contributed by atoms with Gasteiger partial charge in [-0.2, -0.15) is 0 Å². The molecule has 0 unspecified atom stereocenters. The van der Waals surface area contributed by atoms with Crippen LogP contribution in [-0.2, 0) is 11.2 Å². The maximum Gasteiger partial charge on any atom is 0.416 e. The zero-order valence-electron chi connectivity index (χ0n) is 17.4. The van der Waals surface area contributed by atoms with Crippen molar-refractivity contribution in [2.24, 2.45) is 5.92 Å². The lowest BCUT2D eigenvalue weighted by atomic mass is 9.97. The molecule has 1 saturated heterocycles. The van der Waals surface area contributed by atoms with Gasteiger partial charge in [-0.25, -0.2) is 14.8 Å². The van der Waals surface area contributed by atoms with E-state index in [0.717, 1.165) is 5.75 Å². The van der Waals surface area contributed by atoms with Crippen LogP contribution in [0.4, 0.5) is 10.6 Å². The number of hydrogen-bond acceptors (Lipinski definition) is 6. The van der Waals surface area contributed by atoms with Crippen LogP contribution in [0.15, 0.2) is 36.5 Å². The van der Waals surface area contributed by atoms with E-state index in [1.807, 2.05) is 12.1 Å². The van der Waals surface area contributed by atoms with Crippen LogP contribution in [0.3, 0.4) is 0 Å². The Morgan fingerprint density at radius 3 is 2.59 bits per heavy atom. The molecular formula is C22H29N3O4. The van der Waals surface area contributed by atoms with E-state index in [1.54, 1.807) is 19.2 Å². The molecule has 1 aromatic heterocycles. The van der Waals surface area contributed by atoms with Crippen LogP contribution in [0.2, 0.25) is 0 Å². The molecule has 3 rings (SSSR count). The first-order chi connectivity index (χ1) is 13.8. The van der Waals surface area contributed by atoms with Gasteiger partial charge in [0.25, 0.3) is 0 Å². The predicted octanol–water partition coefficient (Wildman–Crippen LogP) is 3.56. The number of ether oxygens (including phenoxy) is 2. The van der Waals surface area contributed by atoms with Gasteiger partial charge in [-0.15, -0.1) is 0 Å². The summed E-state index contributed by atoms with van der Waals surface area (Å²) in [6, 6.07) is 9.31. The van der Waals surface area contributed by atoms with Crippen LogP contribution in [0.5, 0.6) is 5.75 Å². The Kier molecular flexibility index (Phi) is 6.69. The first kappa shape index (κ1) is 21.0. The van der Waals surface area contributed by atoms with Gasteiger partial charge in [0, 0.05) is 12.6 Å². The number of aliphatic hydroxyl groups is 1. The number of nitrogens with zero attached hydrogens (tertiary/aromatic N) is 3. The second-order valence-corrected chi connectivity index (χ2v) is 7.96. The largest absolute Gasteiger partial charge is 0.493 e. The fourth-order valence-electron chi connectivity index (χ4n) is 3.22. The van der Waals surface area contributed by atoms with Gasteiger partial charge in [0.2, 0.25) is 0 Å². The topological polar surface area (TPSA) is 84.8 Å². The monoisotopic (exact) mass is 399 g/mol. The van der Waals surface area contributed by atoms with Gasteiger partial charge in [-0.3, -0.25) is 4.90 Å². The Labute approximate surface area is 171 Å². The third-order valence-corrected chi connectivity index (χ3v) is 4.92. The van der Waals surface area contributed by atoms with Gasteiger partial charge in [0.15, 0.2) is 0 Å². The average Bonchev–Trinajstić information content (AvgIpc) is 3.08. The van der Waals surface area contributed by atoms with E-state index in [9.17, 15) is 9.90 Å². The summed E-state index contributed by atoms with van der Waals surface area (Å²) in [6.45, 7) is 8.84. The molecule has 0 radical (unpaired) electrons. The van der Waals surface area contributed by atoms with Crippen molar-refractivity contribution in [3.63, 3.8) is 0 Å². The van der Waals surface area contributed by atoms with E-state index >= 15 is 0 Å². The molecule has 0 spiro atoms. The Morgan fingerprint density at radius 1 is 1.21 bits per heavy atom. The number of benzene rings is 1. The first-order valence-electron chi connectivity index (χ1n) is 10.0. The Bertz CT molecular complexity index is 823. The molecule has 29 heavy (non-hydrogen) atoms. The molecule has 0 saturated carbocycles. The van der Waals surface area contributed by atoms with E-state index in [0.29, 0.717) is 30.6 Å². The molecule has 1 aliphatic rings. The van der Waals surface area contributed by atoms with Crippen LogP contribution in [0, 0.1) is 5.92 Å². The molecule has 1 aromatic carbocycles. The molecule has 1 fully saturated rings. The predicted molar refractivity (Wildman–Crippen MR) is 110 cm³/mol. The number of cyclic esters (lactones) is 1. The van der Waals surface area contributed by atoms with E-state index < -0.39 is 18.2 Å². The first-order valence-corrected chi connectivity index (χ1v) is 10.0. The smallest absolute Gasteiger partial charge is 0.416 e. The maximum absolute atomic E-state index is 12.1. The minimum absolute atomic E-state index is 0.150. The summed E-state index contributed by atoms with van der Waals surface area (Å²) in [5.41, 5.74) is 1.17.